The topological polar surface area (TPSA) is 35.2 Å². The van der Waals surface area contributed by atoms with Gasteiger partial charge in [-0.25, -0.2) is 0 Å². The van der Waals surface area contributed by atoms with Crippen LogP contribution >= 0.6 is 0 Å². The van der Waals surface area contributed by atoms with Crippen LogP contribution < -0.4 is 10.5 Å². The zero-order valence-electron chi connectivity index (χ0n) is 9.39. The molecule has 0 atom stereocenters. The molecule has 17 heavy (non-hydrogen) atoms. The Kier molecular flexibility index (Phi) is 3.32. The van der Waals surface area contributed by atoms with Gasteiger partial charge in [0.15, 0.2) is 0 Å². The first kappa shape index (κ1) is 11.1. The van der Waals surface area contributed by atoms with Gasteiger partial charge in [0.1, 0.15) is 12.4 Å². The van der Waals surface area contributed by atoms with E-state index in [1.54, 1.807) is 0 Å². The maximum Gasteiger partial charge on any atom is 0.148 e. The third-order valence-corrected chi connectivity index (χ3v) is 2.40. The average Bonchev–Trinajstić information content (AvgIpc) is 2.37. The summed E-state index contributed by atoms with van der Waals surface area (Å²) in [5.74, 6) is 3.23. The van der Waals surface area contributed by atoms with Crippen molar-refractivity contribution in [2.45, 2.75) is 0 Å². The summed E-state index contributed by atoms with van der Waals surface area (Å²) in [5, 5.41) is 0. The molecule has 0 aliphatic carbocycles. The van der Waals surface area contributed by atoms with Gasteiger partial charge in [-0.1, -0.05) is 36.3 Å². The van der Waals surface area contributed by atoms with Gasteiger partial charge in [-0.05, 0) is 23.8 Å². The molecule has 0 heterocycles. The minimum absolute atomic E-state index is 0.263. The van der Waals surface area contributed by atoms with Gasteiger partial charge in [0.25, 0.3) is 0 Å². The lowest BCUT2D eigenvalue weighted by molar-refractivity contribution is 0.372. The lowest BCUT2D eigenvalue weighted by Crippen LogP contribution is -1.95. The van der Waals surface area contributed by atoms with Crippen molar-refractivity contribution in [1.29, 1.82) is 0 Å². The third kappa shape index (κ3) is 2.59. The number of nitrogen functional groups attached to an aromatic ring is 1. The van der Waals surface area contributed by atoms with E-state index in [0.717, 1.165) is 22.6 Å². The molecule has 0 aliphatic rings. The highest BCUT2D eigenvalue weighted by Gasteiger charge is 2.05. The second-order valence-corrected chi connectivity index (χ2v) is 3.61. The van der Waals surface area contributed by atoms with E-state index in [9.17, 15) is 0 Å². The summed E-state index contributed by atoms with van der Waals surface area (Å²) >= 11 is 0. The van der Waals surface area contributed by atoms with Crippen LogP contribution in [0.25, 0.3) is 11.1 Å². The average molecular weight is 223 g/mol. The molecule has 0 aliphatic heterocycles. The van der Waals surface area contributed by atoms with Crippen LogP contribution in [0, 0.1) is 12.3 Å². The Bertz CT molecular complexity index is 555. The fraction of sp³-hybridized carbons (Fsp3) is 0.0667. The van der Waals surface area contributed by atoms with Gasteiger partial charge in [-0.2, -0.15) is 0 Å². The predicted octanol–water partition coefficient (Wildman–Crippen LogP) is 2.95. The Balaban J connectivity index is 2.41. The molecule has 2 heteroatoms. The number of anilines is 1. The highest BCUT2D eigenvalue weighted by atomic mass is 16.5. The summed E-state index contributed by atoms with van der Waals surface area (Å²) < 4.78 is 5.50. The maximum atomic E-state index is 5.77. The number of rotatable bonds is 3. The van der Waals surface area contributed by atoms with E-state index in [-0.39, 0.29) is 6.61 Å². The highest BCUT2D eigenvalue weighted by Crippen LogP contribution is 2.30. The van der Waals surface area contributed by atoms with Crippen molar-refractivity contribution in [3.63, 3.8) is 0 Å². The second-order valence-electron chi connectivity index (χ2n) is 3.61. The van der Waals surface area contributed by atoms with E-state index in [1.807, 2.05) is 48.5 Å². The van der Waals surface area contributed by atoms with Crippen LogP contribution in [0.1, 0.15) is 0 Å². The zero-order chi connectivity index (χ0) is 12.1. The Morgan fingerprint density at radius 1 is 1.12 bits per heavy atom. The number of terminal acetylenes is 1. The van der Waals surface area contributed by atoms with E-state index in [1.165, 1.54) is 0 Å². The highest BCUT2D eigenvalue weighted by molar-refractivity contribution is 5.72. The summed E-state index contributed by atoms with van der Waals surface area (Å²) in [7, 11) is 0. The van der Waals surface area contributed by atoms with E-state index in [0.29, 0.717) is 0 Å². The van der Waals surface area contributed by atoms with Gasteiger partial charge >= 0.3 is 0 Å². The molecule has 0 aromatic heterocycles. The molecule has 0 bridgehead atoms. The number of para-hydroxylation sites is 1. The van der Waals surface area contributed by atoms with Crippen molar-refractivity contribution in [2.75, 3.05) is 12.3 Å². The second kappa shape index (κ2) is 5.09. The summed E-state index contributed by atoms with van der Waals surface area (Å²) in [6.07, 6.45) is 5.19. The van der Waals surface area contributed by atoms with Crippen LogP contribution in [0.15, 0.2) is 48.5 Å². The van der Waals surface area contributed by atoms with Crippen molar-refractivity contribution >= 4 is 5.69 Å². The van der Waals surface area contributed by atoms with Crippen LogP contribution in [0.2, 0.25) is 0 Å². The maximum absolute atomic E-state index is 5.77. The summed E-state index contributed by atoms with van der Waals surface area (Å²) in [6, 6.07) is 15.4. The molecule has 2 rings (SSSR count). The zero-order valence-corrected chi connectivity index (χ0v) is 9.39. The lowest BCUT2D eigenvalue weighted by Gasteiger charge is -2.09. The van der Waals surface area contributed by atoms with Crippen LogP contribution in [0.4, 0.5) is 5.69 Å². The van der Waals surface area contributed by atoms with Crippen LogP contribution in [0.5, 0.6) is 5.75 Å². The number of ether oxygens (including phenoxy) is 1. The summed E-state index contributed by atoms with van der Waals surface area (Å²) in [6.45, 7) is 0.263. The monoisotopic (exact) mass is 223 g/mol. The van der Waals surface area contributed by atoms with Gasteiger partial charge < -0.3 is 10.5 Å². The molecular weight excluding hydrogens is 210 g/mol. The van der Waals surface area contributed by atoms with Gasteiger partial charge in [0.2, 0.25) is 0 Å². The van der Waals surface area contributed by atoms with Gasteiger partial charge in [0.05, 0.1) is 0 Å². The minimum Gasteiger partial charge on any atom is -0.480 e. The van der Waals surface area contributed by atoms with Crippen molar-refractivity contribution in [3.8, 4) is 29.2 Å². The molecule has 0 spiro atoms. The van der Waals surface area contributed by atoms with Crippen molar-refractivity contribution < 1.29 is 4.74 Å². The largest absolute Gasteiger partial charge is 0.480 e. The fourth-order valence-electron chi connectivity index (χ4n) is 1.66. The number of nitrogens with two attached hydrogens (primary N) is 1. The number of hydrogen-bond acceptors (Lipinski definition) is 2. The van der Waals surface area contributed by atoms with E-state index < -0.39 is 0 Å². The third-order valence-electron chi connectivity index (χ3n) is 2.40. The Labute approximate surface area is 101 Å². The molecule has 0 amide bonds. The normalized spacial score (nSPS) is 9.59. The smallest absolute Gasteiger partial charge is 0.148 e. The molecule has 84 valence electrons. The molecule has 0 fully saturated rings. The van der Waals surface area contributed by atoms with Gasteiger partial charge in [-0.3, -0.25) is 0 Å². The van der Waals surface area contributed by atoms with Crippen molar-refractivity contribution in [1.82, 2.24) is 0 Å². The summed E-state index contributed by atoms with van der Waals surface area (Å²) in [5.41, 5.74) is 8.52. The summed E-state index contributed by atoms with van der Waals surface area (Å²) in [4.78, 5) is 0. The first-order valence-electron chi connectivity index (χ1n) is 5.32. The van der Waals surface area contributed by atoms with Crippen molar-refractivity contribution in [3.05, 3.63) is 48.5 Å². The van der Waals surface area contributed by atoms with E-state index in [2.05, 4.69) is 5.92 Å². The molecule has 2 aromatic rings. The number of hydrogen-bond donors (Lipinski definition) is 1. The Morgan fingerprint density at radius 3 is 2.71 bits per heavy atom. The molecule has 0 saturated carbocycles. The predicted molar refractivity (Wildman–Crippen MR) is 70.6 cm³/mol. The standard InChI is InChI=1S/C15H13NO/c1-2-10-17-15-9-4-3-8-14(15)12-6-5-7-13(16)11-12/h1,3-9,11H,10,16H2. The van der Waals surface area contributed by atoms with Gasteiger partial charge in [-0.15, -0.1) is 6.42 Å². The van der Waals surface area contributed by atoms with Crippen LogP contribution in [-0.4, -0.2) is 6.61 Å². The van der Waals surface area contributed by atoms with E-state index >= 15 is 0 Å². The van der Waals surface area contributed by atoms with Crippen LogP contribution in [0.3, 0.4) is 0 Å². The Morgan fingerprint density at radius 2 is 1.94 bits per heavy atom. The van der Waals surface area contributed by atoms with E-state index in [4.69, 9.17) is 16.9 Å². The van der Waals surface area contributed by atoms with Crippen LogP contribution in [-0.2, 0) is 0 Å². The fourth-order valence-corrected chi connectivity index (χ4v) is 1.66. The molecular formula is C15H13NO. The van der Waals surface area contributed by atoms with Gasteiger partial charge in [0, 0.05) is 11.3 Å². The molecule has 2 aromatic carbocycles. The molecule has 0 saturated heterocycles. The minimum atomic E-state index is 0.263. The molecule has 2 nitrogen and oxygen atoms in total. The molecule has 0 radical (unpaired) electrons. The first-order valence-corrected chi connectivity index (χ1v) is 5.32. The molecule has 2 N–H and O–H groups in total. The molecule has 0 unspecified atom stereocenters. The SMILES string of the molecule is C#CCOc1ccccc1-c1cccc(N)c1. The quantitative estimate of drug-likeness (QED) is 0.641. The number of benzene rings is 2. The lowest BCUT2D eigenvalue weighted by atomic mass is 10.0. The first-order chi connectivity index (χ1) is 8.31. The van der Waals surface area contributed by atoms with Crippen molar-refractivity contribution in [2.24, 2.45) is 0 Å². The Hall–Kier alpha value is -2.40.